The van der Waals surface area contributed by atoms with Gasteiger partial charge in [0.25, 0.3) is 0 Å². The van der Waals surface area contributed by atoms with E-state index in [1.807, 2.05) is 68.4 Å². The van der Waals surface area contributed by atoms with E-state index in [2.05, 4.69) is 0 Å². The minimum atomic E-state index is -3.92. The molecule has 1 aliphatic rings. The molecule has 0 aliphatic carbocycles. The molecule has 36 heavy (non-hydrogen) atoms. The molecule has 3 aromatic rings. The van der Waals surface area contributed by atoms with E-state index >= 15 is 0 Å². The predicted octanol–water partition coefficient (Wildman–Crippen LogP) is 5.53. The van der Waals surface area contributed by atoms with Crippen molar-refractivity contribution in [2.24, 2.45) is 5.92 Å². The standard InChI is InChI=1S/C28H31NO5S2/c1-3-34-23-13-11-22(12-14-23)26-17-27(35-19-21-7-5-4-6-8-21)25(28(30)31)18-29(26)36(32,33)24-15-9-20(2)10-16-24/h4-16,25-27H,3,17-19H2,1-2H3,(H,30,31)/t25-,26+,27-/m1/s1. The summed E-state index contributed by atoms with van der Waals surface area (Å²) in [7, 11) is -3.92. The van der Waals surface area contributed by atoms with Gasteiger partial charge in [-0.1, -0.05) is 60.2 Å². The minimum absolute atomic E-state index is 0.0874. The number of hydrogen-bond donors (Lipinski definition) is 1. The molecule has 190 valence electrons. The molecule has 0 radical (unpaired) electrons. The molecule has 3 aromatic carbocycles. The van der Waals surface area contributed by atoms with E-state index in [1.165, 1.54) is 4.31 Å². The van der Waals surface area contributed by atoms with Gasteiger partial charge in [0.05, 0.1) is 23.5 Å². The Balaban J connectivity index is 1.69. The summed E-state index contributed by atoms with van der Waals surface area (Å²) >= 11 is 1.58. The maximum Gasteiger partial charge on any atom is 0.308 e. The number of carboxylic acids is 1. The lowest BCUT2D eigenvalue weighted by Crippen LogP contribution is -2.49. The van der Waals surface area contributed by atoms with Crippen LogP contribution in [0.5, 0.6) is 5.75 Å². The van der Waals surface area contributed by atoms with E-state index in [1.54, 1.807) is 36.0 Å². The SMILES string of the molecule is CCOc1ccc([C@@H]2C[C@@H](SCc3ccccc3)[C@H](C(=O)O)CN2S(=O)(=O)c2ccc(C)cc2)cc1. The minimum Gasteiger partial charge on any atom is -0.494 e. The molecule has 0 bridgehead atoms. The van der Waals surface area contributed by atoms with Crippen molar-refractivity contribution in [3.63, 3.8) is 0 Å². The van der Waals surface area contributed by atoms with Crippen LogP contribution in [-0.4, -0.2) is 42.2 Å². The van der Waals surface area contributed by atoms with Crippen LogP contribution in [-0.2, 0) is 20.6 Å². The highest BCUT2D eigenvalue weighted by molar-refractivity contribution is 7.99. The van der Waals surface area contributed by atoms with Gasteiger partial charge in [-0.05, 0) is 55.7 Å². The predicted molar refractivity (Wildman–Crippen MR) is 143 cm³/mol. The molecule has 1 N–H and O–H groups in total. The van der Waals surface area contributed by atoms with Gasteiger partial charge in [0.2, 0.25) is 10.0 Å². The number of benzene rings is 3. The van der Waals surface area contributed by atoms with Crippen LogP contribution in [0.2, 0.25) is 0 Å². The van der Waals surface area contributed by atoms with Gasteiger partial charge in [0, 0.05) is 17.5 Å². The lowest BCUT2D eigenvalue weighted by Gasteiger charge is -2.41. The van der Waals surface area contributed by atoms with Crippen LogP contribution in [0.25, 0.3) is 0 Å². The van der Waals surface area contributed by atoms with Crippen molar-refractivity contribution in [1.82, 2.24) is 4.31 Å². The lowest BCUT2D eigenvalue weighted by atomic mass is 9.90. The van der Waals surface area contributed by atoms with Crippen LogP contribution in [0.1, 0.15) is 36.1 Å². The normalized spacial score (nSPS) is 20.7. The van der Waals surface area contributed by atoms with Gasteiger partial charge >= 0.3 is 5.97 Å². The molecule has 0 spiro atoms. The van der Waals surface area contributed by atoms with Crippen molar-refractivity contribution < 1.29 is 23.1 Å². The molecule has 8 heteroatoms. The monoisotopic (exact) mass is 525 g/mol. The fourth-order valence-corrected chi connectivity index (χ4v) is 7.51. The van der Waals surface area contributed by atoms with Gasteiger partial charge in [-0.25, -0.2) is 8.42 Å². The van der Waals surface area contributed by atoms with E-state index in [-0.39, 0.29) is 16.7 Å². The number of piperidine rings is 1. The van der Waals surface area contributed by atoms with Crippen LogP contribution in [0.15, 0.2) is 83.8 Å². The average molecular weight is 526 g/mol. The molecule has 1 aliphatic heterocycles. The maximum absolute atomic E-state index is 13.8. The van der Waals surface area contributed by atoms with Gasteiger partial charge < -0.3 is 9.84 Å². The first kappa shape index (κ1) is 26.3. The number of sulfonamides is 1. The molecule has 0 amide bonds. The Labute approximate surface area is 217 Å². The number of rotatable bonds is 9. The molecule has 1 fully saturated rings. The van der Waals surface area contributed by atoms with Crippen LogP contribution in [0.4, 0.5) is 0 Å². The summed E-state index contributed by atoms with van der Waals surface area (Å²) in [4.78, 5) is 12.5. The van der Waals surface area contributed by atoms with Crippen LogP contribution in [0.3, 0.4) is 0 Å². The van der Waals surface area contributed by atoms with Crippen LogP contribution < -0.4 is 4.74 Å². The van der Waals surface area contributed by atoms with Gasteiger partial charge in [-0.2, -0.15) is 16.1 Å². The van der Waals surface area contributed by atoms with E-state index in [0.717, 1.165) is 16.7 Å². The molecule has 6 nitrogen and oxygen atoms in total. The Morgan fingerprint density at radius 1 is 1.03 bits per heavy atom. The van der Waals surface area contributed by atoms with Crippen molar-refractivity contribution in [1.29, 1.82) is 0 Å². The third-order valence-electron chi connectivity index (χ3n) is 6.46. The molecule has 0 saturated carbocycles. The second-order valence-electron chi connectivity index (χ2n) is 8.92. The number of carboxylic acid groups (broad SMARTS) is 1. The fraction of sp³-hybridized carbons (Fsp3) is 0.321. The molecule has 0 unspecified atom stereocenters. The molecule has 1 heterocycles. The Morgan fingerprint density at radius 3 is 2.31 bits per heavy atom. The fourth-order valence-electron chi connectivity index (χ4n) is 4.51. The zero-order chi connectivity index (χ0) is 25.7. The second kappa shape index (κ2) is 11.5. The molecular weight excluding hydrogens is 494 g/mol. The molecule has 1 saturated heterocycles. The molecule has 3 atom stereocenters. The highest BCUT2D eigenvalue weighted by Gasteiger charge is 2.45. The average Bonchev–Trinajstić information content (AvgIpc) is 2.88. The Bertz CT molecular complexity index is 1260. The first-order valence-corrected chi connectivity index (χ1v) is 14.5. The van der Waals surface area contributed by atoms with Crippen molar-refractivity contribution in [3.05, 3.63) is 95.6 Å². The summed E-state index contributed by atoms with van der Waals surface area (Å²) in [6.45, 7) is 4.26. The van der Waals surface area contributed by atoms with Gasteiger partial charge in [0.15, 0.2) is 0 Å². The highest BCUT2D eigenvalue weighted by Crippen LogP contribution is 2.43. The third-order valence-corrected chi connectivity index (χ3v) is 9.79. The van der Waals surface area contributed by atoms with Crippen molar-refractivity contribution >= 4 is 27.8 Å². The zero-order valence-electron chi connectivity index (χ0n) is 20.4. The summed E-state index contributed by atoms with van der Waals surface area (Å²) in [6.07, 6.45) is 0.396. The van der Waals surface area contributed by atoms with E-state index in [9.17, 15) is 18.3 Å². The molecule has 0 aromatic heterocycles. The Morgan fingerprint density at radius 2 is 1.69 bits per heavy atom. The maximum atomic E-state index is 13.8. The largest absolute Gasteiger partial charge is 0.494 e. The van der Waals surface area contributed by atoms with Crippen LogP contribution >= 0.6 is 11.8 Å². The number of thioether (sulfide) groups is 1. The summed E-state index contributed by atoms with van der Waals surface area (Å²) in [5, 5.41) is 9.85. The highest BCUT2D eigenvalue weighted by atomic mass is 32.2. The summed E-state index contributed by atoms with van der Waals surface area (Å²) in [5.74, 6) is -0.424. The number of nitrogens with zero attached hydrogens (tertiary/aromatic N) is 1. The summed E-state index contributed by atoms with van der Waals surface area (Å²) < 4.78 is 34.6. The Hall–Kier alpha value is -2.81. The smallest absolute Gasteiger partial charge is 0.308 e. The second-order valence-corrected chi connectivity index (χ2v) is 12.0. The van der Waals surface area contributed by atoms with Gasteiger partial charge in [-0.3, -0.25) is 4.79 Å². The van der Waals surface area contributed by atoms with Crippen LogP contribution in [0, 0.1) is 12.8 Å². The third kappa shape index (κ3) is 5.94. The van der Waals surface area contributed by atoms with Crippen molar-refractivity contribution in [3.8, 4) is 5.75 Å². The lowest BCUT2D eigenvalue weighted by molar-refractivity contribution is -0.143. The summed E-state index contributed by atoms with van der Waals surface area (Å²) in [6, 6.07) is 23.6. The van der Waals surface area contributed by atoms with E-state index < -0.39 is 28.0 Å². The van der Waals surface area contributed by atoms with Gasteiger partial charge in [0.1, 0.15) is 5.75 Å². The Kier molecular flexibility index (Phi) is 8.39. The first-order chi connectivity index (χ1) is 17.3. The quantitative estimate of drug-likeness (QED) is 0.395. The number of aliphatic carboxylic acids is 1. The number of aryl methyl sites for hydroxylation is 1. The number of carbonyl (C=O) groups is 1. The molecule has 4 rings (SSSR count). The first-order valence-electron chi connectivity index (χ1n) is 12.0. The number of ether oxygens (including phenoxy) is 1. The topological polar surface area (TPSA) is 83.9 Å². The van der Waals surface area contributed by atoms with Gasteiger partial charge in [-0.15, -0.1) is 0 Å². The van der Waals surface area contributed by atoms with E-state index in [0.29, 0.717) is 24.5 Å². The van der Waals surface area contributed by atoms with Crippen molar-refractivity contribution in [2.75, 3.05) is 13.2 Å². The van der Waals surface area contributed by atoms with Crippen molar-refractivity contribution in [2.45, 2.75) is 42.2 Å². The van der Waals surface area contributed by atoms with E-state index in [4.69, 9.17) is 4.74 Å². The molecular formula is C28H31NO5S2. The summed E-state index contributed by atoms with van der Waals surface area (Å²) in [5.41, 5.74) is 2.89. The number of hydrogen-bond acceptors (Lipinski definition) is 5. The zero-order valence-corrected chi connectivity index (χ0v) is 22.0.